The standard InChI is InChI=1S/C29H22F3N5O3/c30-18-10-16(11-19(31)14-18)12-24(35-26(38)15-37-25-6-2-1-5-23(25)36-29(37)40)27-20(4-3-9-34-27)17-7-8-22(32)21(13-17)28(33)39/h1-11,13-14,24H,12,15H2,(H2,33,39)(H,35,38)(H,36,40). The van der Waals surface area contributed by atoms with Crippen LogP contribution in [0.1, 0.15) is 27.7 Å². The molecular weight excluding hydrogens is 523 g/mol. The number of nitrogens with two attached hydrogens (primary N) is 1. The van der Waals surface area contributed by atoms with Crippen molar-refractivity contribution in [3.8, 4) is 11.1 Å². The second-order valence-electron chi connectivity index (χ2n) is 9.13. The average Bonchev–Trinajstić information content (AvgIpc) is 3.22. The molecule has 0 aliphatic heterocycles. The van der Waals surface area contributed by atoms with Gasteiger partial charge in [-0.3, -0.25) is 19.1 Å². The number of rotatable bonds is 8. The number of halogens is 3. The Labute approximate surface area is 225 Å². The number of aromatic nitrogens is 3. The summed E-state index contributed by atoms with van der Waals surface area (Å²) < 4.78 is 43.5. The number of aromatic amines is 1. The van der Waals surface area contributed by atoms with Gasteiger partial charge in [0.05, 0.1) is 28.3 Å². The summed E-state index contributed by atoms with van der Waals surface area (Å²) in [4.78, 5) is 44.7. The van der Waals surface area contributed by atoms with Crippen molar-refractivity contribution in [2.45, 2.75) is 19.0 Å². The molecule has 2 heterocycles. The number of fused-ring (bicyclic) bond motifs is 1. The van der Waals surface area contributed by atoms with Crippen LogP contribution in [0.25, 0.3) is 22.2 Å². The fourth-order valence-electron chi connectivity index (χ4n) is 4.65. The summed E-state index contributed by atoms with van der Waals surface area (Å²) in [7, 11) is 0. The van der Waals surface area contributed by atoms with Crippen molar-refractivity contribution in [2.75, 3.05) is 0 Å². The van der Waals surface area contributed by atoms with Gasteiger partial charge in [0.15, 0.2) is 0 Å². The van der Waals surface area contributed by atoms with Crippen LogP contribution in [0.2, 0.25) is 0 Å². The number of pyridine rings is 1. The molecule has 0 saturated heterocycles. The van der Waals surface area contributed by atoms with Crippen molar-refractivity contribution < 1.29 is 22.8 Å². The van der Waals surface area contributed by atoms with Gasteiger partial charge < -0.3 is 16.0 Å². The van der Waals surface area contributed by atoms with Crippen LogP contribution in [0.15, 0.2) is 83.8 Å². The zero-order chi connectivity index (χ0) is 28.4. The first-order chi connectivity index (χ1) is 19.2. The highest BCUT2D eigenvalue weighted by Crippen LogP contribution is 2.30. The quantitative estimate of drug-likeness (QED) is 0.273. The highest BCUT2D eigenvalue weighted by Gasteiger charge is 2.23. The van der Waals surface area contributed by atoms with E-state index in [1.165, 1.54) is 22.9 Å². The maximum atomic E-state index is 14.2. The van der Waals surface area contributed by atoms with Crippen molar-refractivity contribution in [3.63, 3.8) is 0 Å². The van der Waals surface area contributed by atoms with E-state index < -0.39 is 41.0 Å². The molecule has 3 aromatic carbocycles. The smallest absolute Gasteiger partial charge is 0.326 e. The first-order valence-electron chi connectivity index (χ1n) is 12.2. The third-order valence-electron chi connectivity index (χ3n) is 6.39. The fourth-order valence-corrected chi connectivity index (χ4v) is 4.65. The van der Waals surface area contributed by atoms with Crippen LogP contribution >= 0.6 is 0 Å². The van der Waals surface area contributed by atoms with Crippen LogP contribution in [0, 0.1) is 17.5 Å². The molecule has 8 nitrogen and oxygen atoms in total. The number of nitrogens with one attached hydrogen (secondary N) is 2. The number of para-hydroxylation sites is 2. The van der Waals surface area contributed by atoms with Crippen molar-refractivity contribution >= 4 is 22.8 Å². The zero-order valence-corrected chi connectivity index (χ0v) is 20.8. The maximum absolute atomic E-state index is 14.2. The number of benzene rings is 3. The Morgan fingerprint density at radius 1 is 0.975 bits per heavy atom. The molecule has 1 atom stereocenters. The fraction of sp³-hybridized carbons (Fsp3) is 0.103. The summed E-state index contributed by atoms with van der Waals surface area (Å²) in [6, 6.07) is 16.0. The molecule has 0 radical (unpaired) electrons. The van der Waals surface area contributed by atoms with Crippen molar-refractivity contribution in [1.82, 2.24) is 19.9 Å². The van der Waals surface area contributed by atoms with Crippen LogP contribution < -0.4 is 16.7 Å². The second kappa shape index (κ2) is 10.9. The topological polar surface area (TPSA) is 123 Å². The van der Waals surface area contributed by atoms with Gasteiger partial charge in [-0.2, -0.15) is 0 Å². The molecule has 11 heteroatoms. The number of carbonyl (C=O) groups is 2. The summed E-state index contributed by atoms with van der Waals surface area (Å²) in [5.41, 5.74) is 6.92. The molecule has 40 heavy (non-hydrogen) atoms. The monoisotopic (exact) mass is 545 g/mol. The molecule has 0 aliphatic carbocycles. The largest absolute Gasteiger partial charge is 0.366 e. The number of hydrogen-bond acceptors (Lipinski definition) is 4. The van der Waals surface area contributed by atoms with E-state index in [9.17, 15) is 27.6 Å². The first-order valence-corrected chi connectivity index (χ1v) is 12.2. The van der Waals surface area contributed by atoms with Gasteiger partial charge in [-0.05, 0) is 60.0 Å². The predicted octanol–water partition coefficient (Wildman–Crippen LogP) is 4.01. The first kappa shape index (κ1) is 26.4. The van der Waals surface area contributed by atoms with Gasteiger partial charge in [0, 0.05) is 17.8 Å². The summed E-state index contributed by atoms with van der Waals surface area (Å²) in [5, 5.41) is 2.82. The van der Waals surface area contributed by atoms with Gasteiger partial charge in [0.1, 0.15) is 24.0 Å². The van der Waals surface area contributed by atoms with Crippen molar-refractivity contribution in [2.24, 2.45) is 5.73 Å². The Bertz CT molecular complexity index is 1790. The van der Waals surface area contributed by atoms with Gasteiger partial charge in [-0.25, -0.2) is 18.0 Å². The van der Waals surface area contributed by atoms with E-state index in [2.05, 4.69) is 15.3 Å². The van der Waals surface area contributed by atoms with E-state index in [-0.39, 0.29) is 29.8 Å². The average molecular weight is 546 g/mol. The Morgan fingerprint density at radius 3 is 2.48 bits per heavy atom. The third-order valence-corrected chi connectivity index (χ3v) is 6.39. The molecule has 4 N–H and O–H groups in total. The van der Waals surface area contributed by atoms with Gasteiger partial charge in [0.2, 0.25) is 5.91 Å². The van der Waals surface area contributed by atoms with E-state index in [0.717, 1.165) is 24.3 Å². The van der Waals surface area contributed by atoms with Crippen molar-refractivity contribution in [3.05, 3.63) is 124 Å². The maximum Gasteiger partial charge on any atom is 0.326 e. The third kappa shape index (κ3) is 5.48. The van der Waals surface area contributed by atoms with Crippen molar-refractivity contribution in [1.29, 1.82) is 0 Å². The molecule has 5 aromatic rings. The summed E-state index contributed by atoms with van der Waals surface area (Å²) in [5.74, 6) is -3.92. The number of imidazole rings is 1. The lowest BCUT2D eigenvalue weighted by Gasteiger charge is -2.22. The molecule has 2 amide bonds. The lowest BCUT2D eigenvalue weighted by atomic mass is 9.94. The summed E-state index contributed by atoms with van der Waals surface area (Å²) in [6.45, 7) is -0.346. The Balaban J connectivity index is 1.55. The number of carbonyl (C=O) groups excluding carboxylic acids is 2. The van der Waals surface area contributed by atoms with Gasteiger partial charge in [-0.15, -0.1) is 0 Å². The molecule has 1 unspecified atom stereocenters. The van der Waals surface area contributed by atoms with Gasteiger partial charge >= 0.3 is 5.69 Å². The van der Waals surface area contributed by atoms with E-state index in [0.29, 0.717) is 22.2 Å². The number of nitrogens with zero attached hydrogens (tertiary/aromatic N) is 2. The normalized spacial score (nSPS) is 11.9. The van der Waals surface area contributed by atoms with Crippen LogP contribution in [-0.4, -0.2) is 26.3 Å². The number of hydrogen-bond donors (Lipinski definition) is 3. The minimum Gasteiger partial charge on any atom is -0.366 e. The summed E-state index contributed by atoms with van der Waals surface area (Å²) >= 11 is 0. The lowest BCUT2D eigenvalue weighted by molar-refractivity contribution is -0.122. The second-order valence-corrected chi connectivity index (χ2v) is 9.13. The van der Waals surface area contributed by atoms with Crippen LogP contribution in [0.4, 0.5) is 13.2 Å². The van der Waals surface area contributed by atoms with Gasteiger partial charge in [0.25, 0.3) is 5.91 Å². The predicted molar refractivity (Wildman–Crippen MR) is 142 cm³/mol. The zero-order valence-electron chi connectivity index (χ0n) is 20.8. The molecule has 5 rings (SSSR count). The molecule has 202 valence electrons. The van der Waals surface area contributed by atoms with E-state index in [1.807, 2.05) is 0 Å². The molecule has 2 aromatic heterocycles. The Morgan fingerprint density at radius 2 is 1.73 bits per heavy atom. The Hall–Kier alpha value is -5.19. The SMILES string of the molecule is NC(=O)c1cc(-c2cccnc2C(Cc2cc(F)cc(F)c2)NC(=O)Cn2c(=O)[nH]c3ccccc32)ccc1F. The van der Waals surface area contributed by atoms with Gasteiger partial charge in [-0.1, -0.05) is 24.3 Å². The van der Waals surface area contributed by atoms with Crippen LogP contribution in [0.5, 0.6) is 0 Å². The highest BCUT2D eigenvalue weighted by molar-refractivity contribution is 5.94. The molecular formula is C29H22F3N5O3. The van der Waals surface area contributed by atoms with E-state index in [4.69, 9.17) is 5.73 Å². The number of primary amides is 1. The van der Waals surface area contributed by atoms with Crippen LogP contribution in [0.3, 0.4) is 0 Å². The van der Waals surface area contributed by atoms with E-state index in [1.54, 1.807) is 36.4 Å². The molecule has 0 spiro atoms. The molecule has 0 saturated carbocycles. The molecule has 0 aliphatic rings. The Kier molecular flexibility index (Phi) is 7.19. The van der Waals surface area contributed by atoms with Crippen LogP contribution in [-0.2, 0) is 17.8 Å². The molecule has 0 fully saturated rings. The lowest BCUT2D eigenvalue weighted by Crippen LogP contribution is -2.35. The minimum absolute atomic E-state index is 0.0723. The highest BCUT2D eigenvalue weighted by atomic mass is 19.1. The summed E-state index contributed by atoms with van der Waals surface area (Å²) in [6.07, 6.45) is 1.39. The van der Waals surface area contributed by atoms with E-state index >= 15 is 0 Å². The molecule has 0 bridgehead atoms. The minimum atomic E-state index is -0.964. The number of amides is 2. The number of H-pyrrole nitrogens is 1.